The normalized spacial score (nSPS) is 25.5. The number of carboxylic acids is 1. The van der Waals surface area contributed by atoms with Crippen LogP contribution in [-0.4, -0.2) is 32.8 Å². The van der Waals surface area contributed by atoms with Gasteiger partial charge in [-0.25, -0.2) is 0 Å². The molecule has 1 aromatic heterocycles. The molecule has 0 aliphatic heterocycles. The topological polar surface area (TPSA) is 84.2 Å². The highest BCUT2D eigenvalue weighted by molar-refractivity contribution is 5.95. The highest BCUT2D eigenvalue weighted by Gasteiger charge is 2.36. The van der Waals surface area contributed by atoms with Crippen molar-refractivity contribution in [1.82, 2.24) is 15.1 Å². The molecule has 120 valence electrons. The van der Waals surface area contributed by atoms with E-state index in [0.29, 0.717) is 24.3 Å². The first-order valence-electron chi connectivity index (χ1n) is 8.12. The van der Waals surface area contributed by atoms with Gasteiger partial charge < -0.3 is 10.4 Å². The van der Waals surface area contributed by atoms with Crippen LogP contribution in [0.15, 0.2) is 6.20 Å². The van der Waals surface area contributed by atoms with Crippen LogP contribution in [0.1, 0.15) is 66.9 Å². The lowest BCUT2D eigenvalue weighted by molar-refractivity contribution is -0.145. The Morgan fingerprint density at radius 3 is 2.59 bits per heavy atom. The highest BCUT2D eigenvalue weighted by Crippen LogP contribution is 2.34. The lowest BCUT2D eigenvalue weighted by Crippen LogP contribution is -2.46. The summed E-state index contributed by atoms with van der Waals surface area (Å²) in [5, 5.41) is 16.4. The van der Waals surface area contributed by atoms with Gasteiger partial charge in [-0.15, -0.1) is 0 Å². The Morgan fingerprint density at radius 2 is 1.95 bits per heavy atom. The van der Waals surface area contributed by atoms with E-state index in [1.807, 2.05) is 7.05 Å². The Bertz CT molecular complexity index is 569. The van der Waals surface area contributed by atoms with Gasteiger partial charge in [-0.2, -0.15) is 5.10 Å². The fraction of sp³-hybridized carbons (Fsp3) is 0.688. The molecule has 6 heteroatoms. The number of hydrogen-bond donors (Lipinski definition) is 2. The fourth-order valence-electron chi connectivity index (χ4n) is 3.56. The van der Waals surface area contributed by atoms with Crippen molar-refractivity contribution in [1.29, 1.82) is 0 Å². The van der Waals surface area contributed by atoms with Gasteiger partial charge in [0.15, 0.2) is 0 Å². The Labute approximate surface area is 129 Å². The zero-order valence-electron chi connectivity index (χ0n) is 12.9. The van der Waals surface area contributed by atoms with E-state index in [1.54, 1.807) is 10.9 Å². The van der Waals surface area contributed by atoms with E-state index in [1.165, 1.54) is 19.3 Å². The van der Waals surface area contributed by atoms with Gasteiger partial charge in [0.2, 0.25) is 0 Å². The van der Waals surface area contributed by atoms with Gasteiger partial charge in [-0.1, -0.05) is 19.3 Å². The molecule has 0 unspecified atom stereocenters. The van der Waals surface area contributed by atoms with Crippen LogP contribution in [0.3, 0.4) is 0 Å². The van der Waals surface area contributed by atoms with Gasteiger partial charge in [0, 0.05) is 25.2 Å². The Hall–Kier alpha value is -1.85. The summed E-state index contributed by atoms with van der Waals surface area (Å²) in [6, 6.07) is -0.0204. The summed E-state index contributed by atoms with van der Waals surface area (Å²) >= 11 is 0. The van der Waals surface area contributed by atoms with Crippen molar-refractivity contribution in [3.63, 3.8) is 0 Å². The number of nitrogens with zero attached hydrogens (tertiary/aromatic N) is 2. The second kappa shape index (κ2) is 6.10. The average molecular weight is 305 g/mol. The van der Waals surface area contributed by atoms with E-state index in [0.717, 1.165) is 18.5 Å². The summed E-state index contributed by atoms with van der Waals surface area (Å²) in [4.78, 5) is 23.3. The van der Waals surface area contributed by atoms with Crippen LogP contribution in [0, 0.1) is 5.92 Å². The van der Waals surface area contributed by atoms with Crippen LogP contribution in [-0.2, 0) is 11.8 Å². The summed E-state index contributed by atoms with van der Waals surface area (Å²) in [7, 11) is 1.84. The monoisotopic (exact) mass is 305 g/mol. The zero-order chi connectivity index (χ0) is 15.7. The lowest BCUT2D eigenvalue weighted by Gasteiger charge is -2.32. The number of hydrogen-bond acceptors (Lipinski definition) is 3. The molecular formula is C16H23N3O3. The van der Waals surface area contributed by atoms with Crippen LogP contribution >= 0.6 is 0 Å². The molecule has 0 aromatic carbocycles. The van der Waals surface area contributed by atoms with Crippen molar-refractivity contribution in [3.05, 3.63) is 17.5 Å². The SMILES string of the molecule is Cn1cc(C(=O)NC2CC(C(=O)O)C2)c(C2CCCCC2)n1. The highest BCUT2D eigenvalue weighted by atomic mass is 16.4. The van der Waals surface area contributed by atoms with Gasteiger partial charge in [0.25, 0.3) is 5.91 Å². The number of carbonyl (C=O) groups excluding carboxylic acids is 1. The minimum atomic E-state index is -0.769. The van der Waals surface area contributed by atoms with Gasteiger partial charge in [-0.05, 0) is 25.7 Å². The maximum absolute atomic E-state index is 12.5. The summed E-state index contributed by atoms with van der Waals surface area (Å²) < 4.78 is 1.71. The number of rotatable bonds is 4. The third-order valence-electron chi connectivity index (χ3n) is 4.92. The van der Waals surface area contributed by atoms with Gasteiger partial charge in [0.1, 0.15) is 0 Å². The van der Waals surface area contributed by atoms with E-state index in [4.69, 9.17) is 5.11 Å². The molecule has 2 fully saturated rings. The molecule has 2 aliphatic rings. The van der Waals surface area contributed by atoms with Crippen molar-refractivity contribution in [3.8, 4) is 0 Å². The molecule has 1 aromatic rings. The number of carbonyl (C=O) groups is 2. The molecule has 0 spiro atoms. The van der Waals surface area contributed by atoms with Crippen LogP contribution in [0.25, 0.3) is 0 Å². The summed E-state index contributed by atoms with van der Waals surface area (Å²) in [6.07, 6.45) is 8.70. The molecule has 0 bridgehead atoms. The Kier molecular flexibility index (Phi) is 4.18. The molecule has 1 amide bonds. The largest absolute Gasteiger partial charge is 0.481 e. The standard InChI is InChI=1S/C16H23N3O3/c1-19-9-13(14(18-19)10-5-3-2-4-6-10)15(20)17-12-7-11(8-12)16(21)22/h9-12H,2-8H2,1H3,(H,17,20)(H,21,22). The smallest absolute Gasteiger partial charge is 0.306 e. The first-order chi connectivity index (χ1) is 10.5. The van der Waals surface area contributed by atoms with Crippen molar-refractivity contribution in [2.24, 2.45) is 13.0 Å². The first-order valence-corrected chi connectivity index (χ1v) is 8.12. The fourth-order valence-corrected chi connectivity index (χ4v) is 3.56. The predicted octanol–water partition coefficient (Wildman–Crippen LogP) is 2.06. The summed E-state index contributed by atoms with van der Waals surface area (Å²) in [5.74, 6) is -0.807. The molecule has 6 nitrogen and oxygen atoms in total. The zero-order valence-corrected chi connectivity index (χ0v) is 12.9. The second-order valence-electron chi connectivity index (χ2n) is 6.61. The number of aryl methyl sites for hydroxylation is 1. The molecule has 22 heavy (non-hydrogen) atoms. The van der Waals surface area contributed by atoms with Gasteiger partial charge in [0.05, 0.1) is 17.2 Å². The lowest BCUT2D eigenvalue weighted by atomic mass is 9.80. The molecule has 0 atom stereocenters. The van der Waals surface area contributed by atoms with E-state index < -0.39 is 5.97 Å². The molecule has 2 N–H and O–H groups in total. The molecule has 1 heterocycles. The second-order valence-corrected chi connectivity index (χ2v) is 6.61. The minimum absolute atomic E-state index is 0.0204. The van der Waals surface area contributed by atoms with Crippen molar-refractivity contribution in [2.45, 2.75) is 56.9 Å². The van der Waals surface area contributed by atoms with Crippen LogP contribution < -0.4 is 5.32 Å². The van der Waals surface area contributed by atoms with Gasteiger partial charge in [-0.3, -0.25) is 14.3 Å². The average Bonchev–Trinajstić information content (AvgIpc) is 2.85. The maximum Gasteiger partial charge on any atom is 0.306 e. The number of carboxylic acid groups (broad SMARTS) is 1. The molecule has 2 aliphatic carbocycles. The van der Waals surface area contributed by atoms with E-state index in [9.17, 15) is 9.59 Å². The van der Waals surface area contributed by atoms with Crippen LogP contribution in [0.5, 0.6) is 0 Å². The molecule has 2 saturated carbocycles. The summed E-state index contributed by atoms with van der Waals surface area (Å²) in [5.41, 5.74) is 1.57. The van der Waals surface area contributed by atoms with Gasteiger partial charge >= 0.3 is 5.97 Å². The molecule has 3 rings (SSSR count). The predicted molar refractivity (Wildman–Crippen MR) is 80.6 cm³/mol. The summed E-state index contributed by atoms with van der Waals surface area (Å²) in [6.45, 7) is 0. The van der Waals surface area contributed by atoms with Crippen LogP contribution in [0.2, 0.25) is 0 Å². The van der Waals surface area contributed by atoms with E-state index in [2.05, 4.69) is 10.4 Å². The number of aliphatic carboxylic acids is 1. The number of aromatic nitrogens is 2. The Morgan fingerprint density at radius 1 is 1.27 bits per heavy atom. The Balaban J connectivity index is 1.66. The quantitative estimate of drug-likeness (QED) is 0.892. The van der Waals surface area contributed by atoms with Crippen molar-refractivity contribution >= 4 is 11.9 Å². The number of amides is 1. The number of nitrogens with one attached hydrogen (secondary N) is 1. The molecular weight excluding hydrogens is 282 g/mol. The third kappa shape index (κ3) is 3.00. The van der Waals surface area contributed by atoms with Crippen LogP contribution in [0.4, 0.5) is 0 Å². The van der Waals surface area contributed by atoms with E-state index >= 15 is 0 Å². The third-order valence-corrected chi connectivity index (χ3v) is 4.92. The minimum Gasteiger partial charge on any atom is -0.481 e. The maximum atomic E-state index is 12.5. The van der Waals surface area contributed by atoms with Crippen molar-refractivity contribution in [2.75, 3.05) is 0 Å². The first kappa shape index (κ1) is 15.1. The van der Waals surface area contributed by atoms with E-state index in [-0.39, 0.29) is 17.9 Å². The molecule has 0 radical (unpaired) electrons. The van der Waals surface area contributed by atoms with Crippen molar-refractivity contribution < 1.29 is 14.7 Å². The molecule has 0 saturated heterocycles.